The van der Waals surface area contributed by atoms with Gasteiger partial charge in [0.25, 0.3) is 0 Å². The second-order valence-corrected chi connectivity index (χ2v) is 3.55. The van der Waals surface area contributed by atoms with E-state index in [1.165, 1.54) is 44.9 Å². The highest BCUT2D eigenvalue weighted by Gasteiger charge is 1.87. The molecule has 0 saturated heterocycles. The molecule has 0 aliphatic heterocycles. The molecule has 0 radical (unpaired) electrons. The van der Waals surface area contributed by atoms with Crippen LogP contribution in [0.4, 0.5) is 0 Å². The second-order valence-electron chi connectivity index (χ2n) is 3.55. The Labute approximate surface area is 83.7 Å². The van der Waals surface area contributed by atoms with Crippen LogP contribution in [-0.2, 0) is 0 Å². The van der Waals surface area contributed by atoms with E-state index in [0.29, 0.717) is 0 Å². The Bertz CT molecular complexity index is 122. The Kier molecular flexibility index (Phi) is 11.0. The summed E-state index contributed by atoms with van der Waals surface area (Å²) in [6, 6.07) is 0. The zero-order valence-electron chi connectivity index (χ0n) is 9.10. The number of allylic oxidation sites excluding steroid dienone is 3. The third-order valence-corrected chi connectivity index (χ3v) is 2.19. The van der Waals surface area contributed by atoms with Crippen LogP contribution in [0.3, 0.4) is 0 Å². The Morgan fingerprint density at radius 2 is 1.62 bits per heavy atom. The summed E-state index contributed by atoms with van der Waals surface area (Å²) in [5, 5.41) is 0. The van der Waals surface area contributed by atoms with Crippen LogP contribution >= 0.6 is 0 Å². The van der Waals surface area contributed by atoms with Crippen molar-refractivity contribution >= 4 is 0 Å². The molecule has 0 aromatic rings. The van der Waals surface area contributed by atoms with E-state index in [0.717, 1.165) is 6.42 Å². The normalized spacial score (nSPS) is 10.8. The molecule has 13 heavy (non-hydrogen) atoms. The van der Waals surface area contributed by atoms with Crippen molar-refractivity contribution in [3.05, 3.63) is 24.8 Å². The topological polar surface area (TPSA) is 0 Å². The van der Waals surface area contributed by atoms with Crippen molar-refractivity contribution in [3.63, 3.8) is 0 Å². The van der Waals surface area contributed by atoms with Crippen LogP contribution < -0.4 is 0 Å². The summed E-state index contributed by atoms with van der Waals surface area (Å²) in [4.78, 5) is 0. The lowest BCUT2D eigenvalue weighted by atomic mass is 10.1. The molecular formula is C13H24. The van der Waals surface area contributed by atoms with Gasteiger partial charge in [-0.05, 0) is 19.3 Å². The van der Waals surface area contributed by atoms with Crippen molar-refractivity contribution in [3.8, 4) is 0 Å². The zero-order valence-corrected chi connectivity index (χ0v) is 9.10. The van der Waals surface area contributed by atoms with E-state index in [1.807, 2.05) is 6.08 Å². The van der Waals surface area contributed by atoms with Gasteiger partial charge in [0.15, 0.2) is 0 Å². The van der Waals surface area contributed by atoms with Gasteiger partial charge in [0.1, 0.15) is 0 Å². The Morgan fingerprint density at radius 3 is 2.31 bits per heavy atom. The molecule has 0 saturated carbocycles. The smallest absolute Gasteiger partial charge is 0.0172 e. The highest BCUT2D eigenvalue weighted by atomic mass is 13.9. The standard InChI is InChI=1S/C13H24/c1-3-5-7-9-11-13-12-10-8-6-4-2/h3,7,9H,1,4-6,8,10-13H2,2H3. The molecule has 0 bridgehead atoms. The molecule has 0 fully saturated rings. The Balaban J connectivity index is 2.94. The van der Waals surface area contributed by atoms with Crippen molar-refractivity contribution in [2.45, 2.75) is 58.3 Å². The monoisotopic (exact) mass is 180 g/mol. The molecule has 0 heterocycles. The maximum Gasteiger partial charge on any atom is -0.0172 e. The minimum absolute atomic E-state index is 1.02. The fraction of sp³-hybridized carbons (Fsp3) is 0.692. The Hall–Kier alpha value is -0.520. The summed E-state index contributed by atoms with van der Waals surface area (Å²) < 4.78 is 0. The van der Waals surface area contributed by atoms with Gasteiger partial charge in [0.2, 0.25) is 0 Å². The molecule has 0 nitrogen and oxygen atoms in total. The number of hydrogen-bond donors (Lipinski definition) is 0. The summed E-state index contributed by atoms with van der Waals surface area (Å²) in [5.74, 6) is 0. The lowest BCUT2D eigenvalue weighted by Crippen LogP contribution is -1.77. The van der Waals surface area contributed by atoms with Gasteiger partial charge in [-0.2, -0.15) is 0 Å². The summed E-state index contributed by atoms with van der Waals surface area (Å²) >= 11 is 0. The molecule has 0 atom stereocenters. The maximum absolute atomic E-state index is 3.68. The summed E-state index contributed by atoms with van der Waals surface area (Å²) in [6.45, 7) is 5.94. The minimum Gasteiger partial charge on any atom is -0.103 e. The van der Waals surface area contributed by atoms with Crippen molar-refractivity contribution in [1.29, 1.82) is 0 Å². The fourth-order valence-corrected chi connectivity index (χ4v) is 1.35. The van der Waals surface area contributed by atoms with Gasteiger partial charge in [-0.25, -0.2) is 0 Å². The average molecular weight is 180 g/mol. The predicted octanol–water partition coefficient (Wildman–Crippen LogP) is 4.87. The van der Waals surface area contributed by atoms with E-state index >= 15 is 0 Å². The molecule has 0 amide bonds. The van der Waals surface area contributed by atoms with Gasteiger partial charge in [0.05, 0.1) is 0 Å². The molecule has 0 aromatic heterocycles. The highest BCUT2D eigenvalue weighted by Crippen LogP contribution is 2.07. The van der Waals surface area contributed by atoms with Crippen LogP contribution in [0.5, 0.6) is 0 Å². The minimum atomic E-state index is 1.02. The van der Waals surface area contributed by atoms with E-state index in [-0.39, 0.29) is 0 Å². The molecule has 0 aromatic carbocycles. The molecular weight excluding hydrogens is 156 g/mol. The lowest BCUT2D eigenvalue weighted by molar-refractivity contribution is 0.611. The highest BCUT2D eigenvalue weighted by molar-refractivity contribution is 4.87. The SMILES string of the molecule is C=CCC=CCCCCCCCC. The third-order valence-electron chi connectivity index (χ3n) is 2.19. The molecule has 0 unspecified atom stereocenters. The van der Waals surface area contributed by atoms with E-state index in [9.17, 15) is 0 Å². The largest absolute Gasteiger partial charge is 0.103 e. The van der Waals surface area contributed by atoms with Gasteiger partial charge < -0.3 is 0 Å². The number of rotatable bonds is 9. The van der Waals surface area contributed by atoms with Gasteiger partial charge in [-0.3, -0.25) is 0 Å². The quantitative estimate of drug-likeness (QED) is 0.351. The molecule has 0 aliphatic carbocycles. The van der Waals surface area contributed by atoms with E-state index in [1.54, 1.807) is 0 Å². The number of hydrogen-bond acceptors (Lipinski definition) is 0. The average Bonchev–Trinajstić information content (AvgIpc) is 2.16. The lowest BCUT2D eigenvalue weighted by Gasteiger charge is -1.97. The molecule has 0 rings (SSSR count). The van der Waals surface area contributed by atoms with Crippen LogP contribution in [0, 0.1) is 0 Å². The van der Waals surface area contributed by atoms with E-state index in [4.69, 9.17) is 0 Å². The fourth-order valence-electron chi connectivity index (χ4n) is 1.35. The maximum atomic E-state index is 3.68. The van der Waals surface area contributed by atoms with Crippen LogP contribution in [-0.4, -0.2) is 0 Å². The first kappa shape index (κ1) is 12.5. The molecule has 0 N–H and O–H groups in total. The molecule has 0 spiro atoms. The number of unbranched alkanes of at least 4 members (excludes halogenated alkanes) is 6. The van der Waals surface area contributed by atoms with Crippen LogP contribution in [0.2, 0.25) is 0 Å². The van der Waals surface area contributed by atoms with Gasteiger partial charge in [-0.15, -0.1) is 6.58 Å². The molecule has 76 valence electrons. The van der Waals surface area contributed by atoms with Crippen molar-refractivity contribution in [1.82, 2.24) is 0 Å². The van der Waals surface area contributed by atoms with Gasteiger partial charge in [-0.1, -0.05) is 57.3 Å². The van der Waals surface area contributed by atoms with Crippen molar-refractivity contribution in [2.75, 3.05) is 0 Å². The first-order valence-electron chi connectivity index (χ1n) is 5.67. The summed E-state index contributed by atoms with van der Waals surface area (Å²) in [5.41, 5.74) is 0. The zero-order chi connectivity index (χ0) is 9.78. The van der Waals surface area contributed by atoms with E-state index in [2.05, 4.69) is 25.7 Å². The third kappa shape index (κ3) is 11.5. The Morgan fingerprint density at radius 1 is 0.923 bits per heavy atom. The predicted molar refractivity (Wildman–Crippen MR) is 61.9 cm³/mol. The molecule has 0 aliphatic rings. The first-order valence-corrected chi connectivity index (χ1v) is 5.67. The van der Waals surface area contributed by atoms with Crippen molar-refractivity contribution < 1.29 is 0 Å². The summed E-state index contributed by atoms with van der Waals surface area (Å²) in [6.07, 6.45) is 17.1. The van der Waals surface area contributed by atoms with E-state index < -0.39 is 0 Å². The molecule has 0 heteroatoms. The first-order chi connectivity index (χ1) is 6.41. The van der Waals surface area contributed by atoms with Gasteiger partial charge >= 0.3 is 0 Å². The van der Waals surface area contributed by atoms with Crippen molar-refractivity contribution in [2.24, 2.45) is 0 Å². The van der Waals surface area contributed by atoms with Crippen LogP contribution in [0.1, 0.15) is 58.3 Å². The van der Waals surface area contributed by atoms with Crippen LogP contribution in [0.25, 0.3) is 0 Å². The van der Waals surface area contributed by atoms with Crippen LogP contribution in [0.15, 0.2) is 24.8 Å². The van der Waals surface area contributed by atoms with Gasteiger partial charge in [0, 0.05) is 0 Å². The second kappa shape index (κ2) is 11.5. The summed E-state index contributed by atoms with van der Waals surface area (Å²) in [7, 11) is 0.